The van der Waals surface area contributed by atoms with Crippen molar-refractivity contribution in [3.63, 3.8) is 0 Å². The molecule has 3 rings (SSSR count). The van der Waals surface area contributed by atoms with Gasteiger partial charge in [0.15, 0.2) is 11.5 Å². The van der Waals surface area contributed by atoms with Crippen LogP contribution in [0.2, 0.25) is 0 Å². The van der Waals surface area contributed by atoms with Crippen molar-refractivity contribution in [1.82, 2.24) is 0 Å². The minimum Gasteiger partial charge on any atom is -0.478 e. The summed E-state index contributed by atoms with van der Waals surface area (Å²) in [5.74, 6) is -2.41. The van der Waals surface area contributed by atoms with E-state index in [-0.39, 0.29) is 17.1 Å². The normalized spacial score (nSPS) is 19.8. The minimum atomic E-state index is -1.38. The molecule has 0 saturated carbocycles. The van der Waals surface area contributed by atoms with Crippen molar-refractivity contribution in [2.75, 3.05) is 0 Å². The third-order valence-corrected chi connectivity index (χ3v) is 3.61. The van der Waals surface area contributed by atoms with E-state index in [0.717, 1.165) is 0 Å². The summed E-state index contributed by atoms with van der Waals surface area (Å²) in [7, 11) is 0. The van der Waals surface area contributed by atoms with E-state index in [0.29, 0.717) is 11.1 Å². The molecule has 0 radical (unpaired) electrons. The molecule has 1 heterocycles. The van der Waals surface area contributed by atoms with E-state index in [1.54, 1.807) is 24.3 Å². The van der Waals surface area contributed by atoms with Crippen LogP contribution < -0.4 is 0 Å². The maximum absolute atomic E-state index is 11.6. The standard InChI is InChI=1S/C15H12O6/c1-6(16)13-10(15(19)20)9-11(17)7-4-2-3-5-8(7)12(18)14(9)21-13/h2-5,11-12,17-18H,1H3,(H,19,20). The molecule has 0 fully saturated rings. The smallest absolute Gasteiger partial charge is 0.340 e. The quantitative estimate of drug-likeness (QED) is 0.725. The van der Waals surface area contributed by atoms with Crippen LogP contribution in [-0.2, 0) is 0 Å². The summed E-state index contributed by atoms with van der Waals surface area (Å²) in [4.78, 5) is 23.0. The summed E-state index contributed by atoms with van der Waals surface area (Å²) in [6.07, 6.45) is -2.48. The van der Waals surface area contributed by atoms with Gasteiger partial charge in [0.25, 0.3) is 0 Å². The number of aliphatic hydroxyl groups excluding tert-OH is 2. The van der Waals surface area contributed by atoms with E-state index in [1.807, 2.05) is 0 Å². The van der Waals surface area contributed by atoms with Gasteiger partial charge in [-0.15, -0.1) is 0 Å². The molecule has 1 aliphatic carbocycles. The van der Waals surface area contributed by atoms with Crippen molar-refractivity contribution in [2.24, 2.45) is 0 Å². The molecule has 2 atom stereocenters. The highest BCUT2D eigenvalue weighted by atomic mass is 16.4. The van der Waals surface area contributed by atoms with Crippen LogP contribution in [0.1, 0.15) is 62.5 Å². The Morgan fingerprint density at radius 1 is 1.10 bits per heavy atom. The van der Waals surface area contributed by atoms with Crippen LogP contribution in [-0.4, -0.2) is 27.1 Å². The Bertz CT molecular complexity index is 758. The molecule has 3 N–H and O–H groups in total. The van der Waals surface area contributed by atoms with Gasteiger partial charge in [0, 0.05) is 12.5 Å². The number of aliphatic hydroxyl groups is 2. The third kappa shape index (κ3) is 1.80. The number of carboxylic acid groups (broad SMARTS) is 1. The van der Waals surface area contributed by atoms with Crippen molar-refractivity contribution < 1.29 is 29.3 Å². The summed E-state index contributed by atoms with van der Waals surface area (Å²) in [5, 5.41) is 30.0. The summed E-state index contributed by atoms with van der Waals surface area (Å²) in [6.45, 7) is 1.17. The highest BCUT2D eigenvalue weighted by Gasteiger charge is 2.40. The topological polar surface area (TPSA) is 108 Å². The van der Waals surface area contributed by atoms with Crippen LogP contribution in [0.5, 0.6) is 0 Å². The SMILES string of the molecule is CC(=O)c1oc2c(c1C(=O)O)C(O)c1ccccc1C2O. The van der Waals surface area contributed by atoms with Crippen LogP contribution in [0, 0.1) is 0 Å². The number of hydrogen-bond acceptors (Lipinski definition) is 5. The highest BCUT2D eigenvalue weighted by Crippen LogP contribution is 2.44. The Kier molecular flexibility index (Phi) is 2.93. The lowest BCUT2D eigenvalue weighted by atomic mass is 9.84. The van der Waals surface area contributed by atoms with Gasteiger partial charge in [0.2, 0.25) is 0 Å². The number of rotatable bonds is 2. The number of ketones is 1. The maximum Gasteiger partial charge on any atom is 0.340 e. The Morgan fingerprint density at radius 2 is 1.67 bits per heavy atom. The van der Waals surface area contributed by atoms with Crippen LogP contribution >= 0.6 is 0 Å². The summed E-state index contributed by atoms with van der Waals surface area (Å²) < 4.78 is 5.26. The first-order chi connectivity index (χ1) is 9.93. The van der Waals surface area contributed by atoms with Crippen molar-refractivity contribution in [3.05, 3.63) is 58.0 Å². The molecule has 1 aromatic heterocycles. The fraction of sp³-hybridized carbons (Fsp3) is 0.200. The van der Waals surface area contributed by atoms with Gasteiger partial charge in [-0.2, -0.15) is 0 Å². The molecule has 1 aliphatic rings. The van der Waals surface area contributed by atoms with Crippen molar-refractivity contribution in [3.8, 4) is 0 Å². The van der Waals surface area contributed by atoms with Gasteiger partial charge in [0.05, 0.1) is 0 Å². The summed E-state index contributed by atoms with van der Waals surface area (Å²) in [5.41, 5.74) is 0.381. The third-order valence-electron chi connectivity index (χ3n) is 3.61. The van der Waals surface area contributed by atoms with Crippen LogP contribution in [0.4, 0.5) is 0 Å². The number of furan rings is 1. The molecule has 6 heteroatoms. The first kappa shape index (κ1) is 13.5. The number of carbonyl (C=O) groups is 2. The number of carboxylic acids is 1. The molecule has 2 unspecified atom stereocenters. The Labute approximate surface area is 119 Å². The van der Waals surface area contributed by atoms with Gasteiger partial charge in [0.1, 0.15) is 23.5 Å². The lowest BCUT2D eigenvalue weighted by Gasteiger charge is -2.25. The lowest BCUT2D eigenvalue weighted by molar-refractivity contribution is 0.0685. The van der Waals surface area contributed by atoms with Gasteiger partial charge in [-0.25, -0.2) is 4.79 Å². The number of fused-ring (bicyclic) bond motifs is 2. The fourth-order valence-corrected chi connectivity index (χ4v) is 2.70. The second kappa shape index (κ2) is 4.54. The molecule has 0 spiro atoms. The van der Waals surface area contributed by atoms with Gasteiger partial charge in [-0.3, -0.25) is 4.79 Å². The van der Waals surface area contributed by atoms with Gasteiger partial charge in [-0.05, 0) is 11.1 Å². The molecule has 2 aromatic rings. The van der Waals surface area contributed by atoms with E-state index >= 15 is 0 Å². The molecule has 21 heavy (non-hydrogen) atoms. The highest BCUT2D eigenvalue weighted by molar-refractivity contribution is 6.04. The zero-order valence-electron chi connectivity index (χ0n) is 11.0. The fourth-order valence-electron chi connectivity index (χ4n) is 2.70. The second-order valence-corrected chi connectivity index (χ2v) is 4.88. The number of Topliss-reactive ketones (excluding diaryl/α,β-unsaturated/α-hetero) is 1. The molecule has 0 saturated heterocycles. The van der Waals surface area contributed by atoms with Crippen LogP contribution in [0.25, 0.3) is 0 Å². The van der Waals surface area contributed by atoms with Crippen LogP contribution in [0.15, 0.2) is 28.7 Å². The monoisotopic (exact) mass is 288 g/mol. The molecule has 108 valence electrons. The van der Waals surface area contributed by atoms with Crippen molar-refractivity contribution >= 4 is 11.8 Å². The molecule has 1 aromatic carbocycles. The Balaban J connectivity index is 2.33. The predicted octanol–water partition coefficient (Wildman–Crippen LogP) is 1.66. The first-order valence-corrected chi connectivity index (χ1v) is 6.29. The minimum absolute atomic E-state index is 0.0566. The number of hydrogen-bond donors (Lipinski definition) is 3. The summed E-state index contributed by atoms with van der Waals surface area (Å²) in [6, 6.07) is 6.57. The number of benzene rings is 1. The van der Waals surface area contributed by atoms with E-state index < -0.39 is 29.5 Å². The molecule has 0 aliphatic heterocycles. The predicted molar refractivity (Wildman–Crippen MR) is 70.2 cm³/mol. The van der Waals surface area contributed by atoms with Crippen molar-refractivity contribution in [2.45, 2.75) is 19.1 Å². The Hall–Kier alpha value is -2.44. The number of carbonyl (C=O) groups excluding carboxylic acids is 1. The molecule has 6 nitrogen and oxygen atoms in total. The molecular formula is C15H12O6. The zero-order chi connectivity index (χ0) is 15.3. The second-order valence-electron chi connectivity index (χ2n) is 4.88. The van der Waals surface area contributed by atoms with E-state index in [2.05, 4.69) is 0 Å². The average Bonchev–Trinajstić information content (AvgIpc) is 2.86. The largest absolute Gasteiger partial charge is 0.478 e. The summed E-state index contributed by atoms with van der Waals surface area (Å²) >= 11 is 0. The maximum atomic E-state index is 11.6. The van der Waals surface area contributed by atoms with Crippen LogP contribution in [0.3, 0.4) is 0 Å². The average molecular weight is 288 g/mol. The number of aromatic carboxylic acids is 1. The zero-order valence-corrected chi connectivity index (χ0v) is 11.0. The van der Waals surface area contributed by atoms with E-state index in [9.17, 15) is 24.9 Å². The van der Waals surface area contributed by atoms with Gasteiger partial charge >= 0.3 is 5.97 Å². The van der Waals surface area contributed by atoms with E-state index in [4.69, 9.17) is 4.42 Å². The van der Waals surface area contributed by atoms with E-state index in [1.165, 1.54) is 6.92 Å². The molecule has 0 amide bonds. The molecule has 0 bridgehead atoms. The van der Waals surface area contributed by atoms with Gasteiger partial charge in [-0.1, -0.05) is 24.3 Å². The van der Waals surface area contributed by atoms with Crippen molar-refractivity contribution in [1.29, 1.82) is 0 Å². The first-order valence-electron chi connectivity index (χ1n) is 6.29. The molecular weight excluding hydrogens is 276 g/mol. The lowest BCUT2D eigenvalue weighted by Crippen LogP contribution is -2.18. The van der Waals surface area contributed by atoms with Gasteiger partial charge < -0.3 is 19.7 Å². The Morgan fingerprint density at radius 3 is 2.19 bits per heavy atom.